The number of aliphatic hydroxyl groups is 1. The van der Waals surface area contributed by atoms with E-state index in [9.17, 15) is 15.2 Å². The lowest BCUT2D eigenvalue weighted by atomic mass is 9.94. The van der Waals surface area contributed by atoms with Crippen LogP contribution in [0.1, 0.15) is 25.5 Å². The van der Waals surface area contributed by atoms with Gasteiger partial charge in [-0.2, -0.15) is 0 Å². The van der Waals surface area contributed by atoms with Crippen molar-refractivity contribution in [1.29, 1.82) is 0 Å². The van der Waals surface area contributed by atoms with Gasteiger partial charge < -0.3 is 15.6 Å². The van der Waals surface area contributed by atoms with Crippen LogP contribution in [-0.2, 0) is 0 Å². The number of rotatable bonds is 5. The van der Waals surface area contributed by atoms with E-state index in [0.717, 1.165) is 0 Å². The smallest absolute Gasteiger partial charge is 0.311 e. The van der Waals surface area contributed by atoms with Crippen LogP contribution in [0, 0.1) is 16.0 Å². The van der Waals surface area contributed by atoms with Crippen LogP contribution in [0.25, 0.3) is 0 Å². The van der Waals surface area contributed by atoms with Crippen molar-refractivity contribution < 1.29 is 14.8 Å². The van der Waals surface area contributed by atoms with Crippen molar-refractivity contribution in [3.63, 3.8) is 0 Å². The fourth-order valence-corrected chi connectivity index (χ4v) is 1.67. The second-order valence-electron chi connectivity index (χ2n) is 4.45. The molecule has 0 amide bonds. The first-order chi connectivity index (χ1) is 8.38. The summed E-state index contributed by atoms with van der Waals surface area (Å²) in [5, 5.41) is 20.8. The standard InChI is InChI=1S/C12H18N2O4.ClH/c1-7(2)12(15)11(13)8-4-5-10(18-3)9(6-8)14(16)17;/h4-7,11-12,15H,13H2,1-3H3;1H/t11-,12+;/m0./s1. The largest absolute Gasteiger partial charge is 0.490 e. The van der Waals surface area contributed by atoms with Crippen molar-refractivity contribution in [2.75, 3.05) is 7.11 Å². The zero-order chi connectivity index (χ0) is 13.9. The van der Waals surface area contributed by atoms with Crippen molar-refractivity contribution in [3.05, 3.63) is 33.9 Å². The predicted molar refractivity (Wildman–Crippen MR) is 74.7 cm³/mol. The van der Waals surface area contributed by atoms with E-state index in [1.54, 1.807) is 6.07 Å². The van der Waals surface area contributed by atoms with E-state index >= 15 is 0 Å². The maximum atomic E-state index is 10.9. The van der Waals surface area contributed by atoms with Crippen LogP contribution in [0.2, 0.25) is 0 Å². The van der Waals surface area contributed by atoms with Gasteiger partial charge in [0.05, 0.1) is 24.2 Å². The highest BCUT2D eigenvalue weighted by molar-refractivity contribution is 5.85. The predicted octanol–water partition coefficient (Wildman–Crippen LogP) is 2.04. The molecule has 0 fully saturated rings. The minimum Gasteiger partial charge on any atom is -0.490 e. The normalized spacial score (nSPS) is 13.6. The molecule has 7 heteroatoms. The number of benzene rings is 1. The van der Waals surface area contributed by atoms with E-state index in [4.69, 9.17) is 10.5 Å². The minimum absolute atomic E-state index is 0. The zero-order valence-corrected chi connectivity index (χ0v) is 11.9. The van der Waals surface area contributed by atoms with E-state index in [-0.39, 0.29) is 29.8 Å². The molecular formula is C12H19ClN2O4. The van der Waals surface area contributed by atoms with Crippen molar-refractivity contribution >= 4 is 18.1 Å². The summed E-state index contributed by atoms with van der Waals surface area (Å²) in [6.45, 7) is 3.67. The first-order valence-electron chi connectivity index (χ1n) is 5.64. The Bertz CT molecular complexity index is 440. The van der Waals surface area contributed by atoms with Crippen LogP contribution < -0.4 is 10.5 Å². The van der Waals surface area contributed by atoms with Crippen LogP contribution >= 0.6 is 12.4 Å². The number of nitro groups is 1. The Kier molecular flexibility index (Phi) is 6.75. The van der Waals surface area contributed by atoms with Crippen LogP contribution in [0.4, 0.5) is 5.69 Å². The van der Waals surface area contributed by atoms with Crippen molar-refractivity contribution in [1.82, 2.24) is 0 Å². The van der Waals surface area contributed by atoms with Gasteiger partial charge in [0.2, 0.25) is 0 Å². The molecule has 0 aliphatic carbocycles. The Morgan fingerprint density at radius 2 is 2.00 bits per heavy atom. The third-order valence-corrected chi connectivity index (χ3v) is 2.84. The van der Waals surface area contributed by atoms with E-state index in [1.165, 1.54) is 19.2 Å². The van der Waals surface area contributed by atoms with Gasteiger partial charge in [-0.1, -0.05) is 19.9 Å². The van der Waals surface area contributed by atoms with Gasteiger partial charge in [0.25, 0.3) is 0 Å². The maximum Gasteiger partial charge on any atom is 0.311 e. The molecule has 0 unspecified atom stereocenters. The van der Waals surface area contributed by atoms with E-state index in [1.807, 2.05) is 13.8 Å². The summed E-state index contributed by atoms with van der Waals surface area (Å²) in [5.74, 6) is 0.149. The fraction of sp³-hybridized carbons (Fsp3) is 0.500. The quantitative estimate of drug-likeness (QED) is 0.638. The molecular weight excluding hydrogens is 272 g/mol. The minimum atomic E-state index is -0.752. The number of hydrogen-bond donors (Lipinski definition) is 2. The lowest BCUT2D eigenvalue weighted by molar-refractivity contribution is -0.385. The van der Waals surface area contributed by atoms with Crippen LogP contribution in [0.15, 0.2) is 18.2 Å². The summed E-state index contributed by atoms with van der Waals surface area (Å²) in [7, 11) is 1.37. The molecule has 0 bridgehead atoms. The molecule has 0 aliphatic heterocycles. The number of nitrogens with two attached hydrogens (primary N) is 1. The fourth-order valence-electron chi connectivity index (χ4n) is 1.67. The molecule has 19 heavy (non-hydrogen) atoms. The summed E-state index contributed by atoms with van der Waals surface area (Å²) >= 11 is 0. The summed E-state index contributed by atoms with van der Waals surface area (Å²) < 4.78 is 4.90. The summed E-state index contributed by atoms with van der Waals surface area (Å²) in [6.07, 6.45) is -0.752. The van der Waals surface area contributed by atoms with Gasteiger partial charge in [-0.3, -0.25) is 10.1 Å². The molecule has 0 aromatic heterocycles. The third-order valence-electron chi connectivity index (χ3n) is 2.84. The SMILES string of the molecule is COc1ccc([C@H](N)[C@H](O)C(C)C)cc1[N+](=O)[O-].Cl. The second-order valence-corrected chi connectivity index (χ2v) is 4.45. The van der Waals surface area contributed by atoms with Crippen LogP contribution in [-0.4, -0.2) is 23.2 Å². The molecule has 2 atom stereocenters. The van der Waals surface area contributed by atoms with Gasteiger partial charge in [0, 0.05) is 6.07 Å². The summed E-state index contributed by atoms with van der Waals surface area (Å²) in [4.78, 5) is 10.4. The highest BCUT2D eigenvalue weighted by Crippen LogP contribution is 2.30. The molecule has 1 rings (SSSR count). The third kappa shape index (κ3) is 4.05. The van der Waals surface area contributed by atoms with Gasteiger partial charge in [-0.05, 0) is 17.5 Å². The van der Waals surface area contributed by atoms with Gasteiger partial charge in [-0.25, -0.2) is 0 Å². The Balaban J connectivity index is 0.00000324. The Labute approximate surface area is 118 Å². The average Bonchev–Trinajstić information content (AvgIpc) is 2.35. The number of ether oxygens (including phenoxy) is 1. The van der Waals surface area contributed by atoms with E-state index in [2.05, 4.69) is 0 Å². The number of nitrogens with zero attached hydrogens (tertiary/aromatic N) is 1. The zero-order valence-electron chi connectivity index (χ0n) is 11.1. The lowest BCUT2D eigenvalue weighted by Crippen LogP contribution is -2.30. The van der Waals surface area contributed by atoms with E-state index < -0.39 is 17.1 Å². The molecule has 1 aromatic carbocycles. The number of hydrogen-bond acceptors (Lipinski definition) is 5. The Hall–Kier alpha value is -1.37. The highest BCUT2D eigenvalue weighted by Gasteiger charge is 2.23. The van der Waals surface area contributed by atoms with Crippen molar-refractivity contribution in [2.45, 2.75) is 26.0 Å². The molecule has 0 spiro atoms. The average molecular weight is 291 g/mol. The van der Waals surface area contributed by atoms with Crippen molar-refractivity contribution in [3.8, 4) is 5.75 Å². The highest BCUT2D eigenvalue weighted by atomic mass is 35.5. The molecule has 108 valence electrons. The maximum absolute atomic E-state index is 10.9. The van der Waals surface area contributed by atoms with Gasteiger partial charge in [0.15, 0.2) is 5.75 Å². The summed E-state index contributed by atoms with van der Waals surface area (Å²) in [6, 6.07) is 3.80. The number of aliphatic hydroxyl groups excluding tert-OH is 1. The van der Waals surface area contributed by atoms with Crippen LogP contribution in [0.5, 0.6) is 5.75 Å². The molecule has 0 saturated carbocycles. The first-order valence-corrected chi connectivity index (χ1v) is 5.64. The van der Waals surface area contributed by atoms with Crippen molar-refractivity contribution in [2.24, 2.45) is 11.7 Å². The Morgan fingerprint density at radius 1 is 1.42 bits per heavy atom. The number of methoxy groups -OCH3 is 1. The topological polar surface area (TPSA) is 98.6 Å². The van der Waals surface area contributed by atoms with Gasteiger partial charge >= 0.3 is 5.69 Å². The second kappa shape index (κ2) is 7.28. The molecule has 3 N–H and O–H groups in total. The van der Waals surface area contributed by atoms with Gasteiger partial charge in [-0.15, -0.1) is 12.4 Å². The number of nitro benzene ring substituents is 1. The van der Waals surface area contributed by atoms with Crippen LogP contribution in [0.3, 0.4) is 0 Å². The van der Waals surface area contributed by atoms with Gasteiger partial charge in [0.1, 0.15) is 0 Å². The summed E-state index contributed by atoms with van der Waals surface area (Å²) in [5.41, 5.74) is 6.25. The Morgan fingerprint density at radius 3 is 2.42 bits per heavy atom. The molecule has 6 nitrogen and oxygen atoms in total. The molecule has 0 heterocycles. The van der Waals surface area contributed by atoms with E-state index in [0.29, 0.717) is 5.56 Å². The first kappa shape index (κ1) is 17.6. The number of halogens is 1. The molecule has 0 aliphatic rings. The molecule has 0 radical (unpaired) electrons. The lowest BCUT2D eigenvalue weighted by Gasteiger charge is -2.22. The molecule has 0 saturated heterocycles. The molecule has 1 aromatic rings. The monoisotopic (exact) mass is 290 g/mol.